The van der Waals surface area contributed by atoms with Crippen LogP contribution in [0.5, 0.6) is 0 Å². The normalized spacial score (nSPS) is 28.8. The first-order valence-electron chi connectivity index (χ1n) is 5.31. The molecule has 1 heterocycles. The number of carbonyl (C=O) groups is 1. The highest BCUT2D eigenvalue weighted by Crippen LogP contribution is 2.32. The molecule has 1 saturated heterocycles. The van der Waals surface area contributed by atoms with E-state index in [1.54, 1.807) is 0 Å². The van der Waals surface area contributed by atoms with Crippen LogP contribution in [0.1, 0.15) is 25.7 Å². The molecule has 1 aliphatic heterocycles. The first-order chi connectivity index (χ1) is 6.77. The van der Waals surface area contributed by atoms with Gasteiger partial charge in [0.15, 0.2) is 0 Å². The molecule has 0 aromatic rings. The van der Waals surface area contributed by atoms with Gasteiger partial charge in [-0.05, 0) is 31.6 Å². The Hall–Kier alpha value is -0.610. The summed E-state index contributed by atoms with van der Waals surface area (Å²) in [5.41, 5.74) is 5.69. The van der Waals surface area contributed by atoms with Gasteiger partial charge in [-0.3, -0.25) is 4.79 Å². The van der Waals surface area contributed by atoms with Crippen molar-refractivity contribution >= 4 is 5.97 Å². The van der Waals surface area contributed by atoms with E-state index in [0.29, 0.717) is 12.5 Å². The molecule has 0 spiro atoms. The molecule has 4 heteroatoms. The number of rotatable bonds is 4. The number of nitrogens with two attached hydrogens (primary N) is 1. The predicted octanol–water partition coefficient (Wildman–Crippen LogP) is 0.446. The smallest absolute Gasteiger partial charge is 0.323 e. The zero-order chi connectivity index (χ0) is 9.97. The standard InChI is InChI=1S/C10H17NO3/c11-9(7-3-4-7)10(12)14-6-8-2-1-5-13-8/h7-9H,1-6,11H2. The third-order valence-electron chi connectivity index (χ3n) is 2.84. The van der Waals surface area contributed by atoms with E-state index in [4.69, 9.17) is 15.2 Å². The molecule has 4 nitrogen and oxygen atoms in total. The van der Waals surface area contributed by atoms with Crippen LogP contribution in [0.3, 0.4) is 0 Å². The monoisotopic (exact) mass is 199 g/mol. The van der Waals surface area contributed by atoms with Gasteiger partial charge in [0.1, 0.15) is 12.6 Å². The summed E-state index contributed by atoms with van der Waals surface area (Å²) in [5, 5.41) is 0. The highest BCUT2D eigenvalue weighted by molar-refractivity contribution is 5.76. The molecule has 0 radical (unpaired) electrons. The van der Waals surface area contributed by atoms with Gasteiger partial charge < -0.3 is 15.2 Å². The van der Waals surface area contributed by atoms with Crippen LogP contribution in [0.4, 0.5) is 0 Å². The van der Waals surface area contributed by atoms with Gasteiger partial charge in [0, 0.05) is 6.61 Å². The lowest BCUT2D eigenvalue weighted by molar-refractivity contribution is -0.148. The van der Waals surface area contributed by atoms with Crippen molar-refractivity contribution in [2.24, 2.45) is 11.7 Å². The molecule has 2 N–H and O–H groups in total. The topological polar surface area (TPSA) is 61.6 Å². The summed E-state index contributed by atoms with van der Waals surface area (Å²) < 4.78 is 10.4. The second-order valence-corrected chi connectivity index (χ2v) is 4.13. The van der Waals surface area contributed by atoms with E-state index in [1.165, 1.54) is 0 Å². The van der Waals surface area contributed by atoms with E-state index < -0.39 is 6.04 Å². The maximum Gasteiger partial charge on any atom is 0.323 e. The highest BCUT2D eigenvalue weighted by atomic mass is 16.6. The summed E-state index contributed by atoms with van der Waals surface area (Å²) in [6, 6.07) is -0.406. The molecule has 14 heavy (non-hydrogen) atoms. The molecule has 2 aliphatic rings. The van der Waals surface area contributed by atoms with Crippen LogP contribution < -0.4 is 5.73 Å². The predicted molar refractivity (Wildman–Crippen MR) is 50.6 cm³/mol. The molecule has 2 rings (SSSR count). The molecule has 2 atom stereocenters. The van der Waals surface area contributed by atoms with Gasteiger partial charge in [0.25, 0.3) is 0 Å². The highest BCUT2D eigenvalue weighted by Gasteiger charge is 2.34. The fourth-order valence-electron chi connectivity index (χ4n) is 1.69. The minimum absolute atomic E-state index is 0.102. The number of hydrogen-bond donors (Lipinski definition) is 1. The number of ether oxygens (including phenoxy) is 2. The van der Waals surface area contributed by atoms with Crippen LogP contribution in [-0.2, 0) is 14.3 Å². The van der Waals surface area contributed by atoms with E-state index in [0.717, 1.165) is 32.3 Å². The molecule has 2 unspecified atom stereocenters. The minimum atomic E-state index is -0.406. The fraction of sp³-hybridized carbons (Fsp3) is 0.900. The zero-order valence-corrected chi connectivity index (χ0v) is 8.28. The summed E-state index contributed by atoms with van der Waals surface area (Å²) in [4.78, 5) is 11.4. The van der Waals surface area contributed by atoms with Crippen molar-refractivity contribution in [3.05, 3.63) is 0 Å². The van der Waals surface area contributed by atoms with Gasteiger partial charge in [-0.2, -0.15) is 0 Å². The number of hydrogen-bond acceptors (Lipinski definition) is 4. The SMILES string of the molecule is NC(C(=O)OCC1CCCO1)C1CC1. The molecule has 0 amide bonds. The Labute approximate surface area is 83.7 Å². The Kier molecular flexibility index (Phi) is 3.03. The number of esters is 1. The average molecular weight is 199 g/mol. The quantitative estimate of drug-likeness (QED) is 0.668. The molecule has 0 aromatic carbocycles. The Bertz CT molecular complexity index is 209. The second kappa shape index (κ2) is 4.28. The lowest BCUT2D eigenvalue weighted by atomic mass is 10.2. The van der Waals surface area contributed by atoms with E-state index in [2.05, 4.69) is 0 Å². The summed E-state index contributed by atoms with van der Waals surface area (Å²) in [5.74, 6) is 0.106. The van der Waals surface area contributed by atoms with Crippen molar-refractivity contribution in [3.63, 3.8) is 0 Å². The molecule has 0 bridgehead atoms. The first-order valence-corrected chi connectivity index (χ1v) is 5.31. The van der Waals surface area contributed by atoms with Gasteiger partial charge in [-0.25, -0.2) is 0 Å². The van der Waals surface area contributed by atoms with E-state index in [1.807, 2.05) is 0 Å². The maximum absolute atomic E-state index is 11.4. The van der Waals surface area contributed by atoms with Crippen molar-refractivity contribution in [1.29, 1.82) is 0 Å². The third kappa shape index (κ3) is 2.45. The lowest BCUT2D eigenvalue weighted by Gasteiger charge is -2.13. The van der Waals surface area contributed by atoms with Gasteiger partial charge >= 0.3 is 5.97 Å². The summed E-state index contributed by atoms with van der Waals surface area (Å²) in [6.45, 7) is 1.16. The van der Waals surface area contributed by atoms with Gasteiger partial charge in [-0.1, -0.05) is 0 Å². The Morgan fingerprint density at radius 3 is 2.86 bits per heavy atom. The van der Waals surface area contributed by atoms with Gasteiger partial charge in [0.2, 0.25) is 0 Å². The Morgan fingerprint density at radius 2 is 2.29 bits per heavy atom. The van der Waals surface area contributed by atoms with Crippen molar-refractivity contribution in [1.82, 2.24) is 0 Å². The molecular formula is C10H17NO3. The zero-order valence-electron chi connectivity index (χ0n) is 8.28. The fourth-order valence-corrected chi connectivity index (χ4v) is 1.69. The minimum Gasteiger partial charge on any atom is -0.462 e. The Morgan fingerprint density at radius 1 is 1.50 bits per heavy atom. The first kappa shape index (κ1) is 9.93. The van der Waals surface area contributed by atoms with E-state index >= 15 is 0 Å². The number of carbonyl (C=O) groups excluding carboxylic acids is 1. The van der Waals surface area contributed by atoms with Crippen molar-refractivity contribution in [2.75, 3.05) is 13.2 Å². The van der Waals surface area contributed by atoms with Crippen molar-refractivity contribution in [2.45, 2.75) is 37.8 Å². The van der Waals surface area contributed by atoms with Crippen LogP contribution >= 0.6 is 0 Å². The molecule has 0 aromatic heterocycles. The molecule has 2 fully saturated rings. The van der Waals surface area contributed by atoms with Crippen LogP contribution in [0.2, 0.25) is 0 Å². The molecule has 1 aliphatic carbocycles. The molecular weight excluding hydrogens is 182 g/mol. The third-order valence-corrected chi connectivity index (χ3v) is 2.84. The van der Waals surface area contributed by atoms with Crippen LogP contribution in [-0.4, -0.2) is 31.3 Å². The summed E-state index contributed by atoms with van der Waals surface area (Å²) in [6.07, 6.45) is 4.29. The second-order valence-electron chi connectivity index (χ2n) is 4.13. The lowest BCUT2D eigenvalue weighted by Crippen LogP contribution is -2.35. The van der Waals surface area contributed by atoms with Crippen molar-refractivity contribution in [3.8, 4) is 0 Å². The molecule has 80 valence electrons. The van der Waals surface area contributed by atoms with Crippen molar-refractivity contribution < 1.29 is 14.3 Å². The maximum atomic E-state index is 11.4. The van der Waals surface area contributed by atoms with Gasteiger partial charge in [-0.15, -0.1) is 0 Å². The summed E-state index contributed by atoms with van der Waals surface area (Å²) in [7, 11) is 0. The van der Waals surface area contributed by atoms with E-state index in [9.17, 15) is 4.79 Å². The average Bonchev–Trinajstić information content (AvgIpc) is 2.91. The Balaban J connectivity index is 1.65. The van der Waals surface area contributed by atoms with E-state index in [-0.39, 0.29) is 12.1 Å². The largest absolute Gasteiger partial charge is 0.462 e. The van der Waals surface area contributed by atoms with Crippen LogP contribution in [0.15, 0.2) is 0 Å². The van der Waals surface area contributed by atoms with Crippen LogP contribution in [0.25, 0.3) is 0 Å². The van der Waals surface area contributed by atoms with Crippen LogP contribution in [0, 0.1) is 5.92 Å². The molecule has 1 saturated carbocycles. The van der Waals surface area contributed by atoms with Gasteiger partial charge in [0.05, 0.1) is 6.10 Å². The summed E-state index contributed by atoms with van der Waals surface area (Å²) >= 11 is 0.